The van der Waals surface area contributed by atoms with Gasteiger partial charge in [-0.3, -0.25) is 0 Å². The highest BCUT2D eigenvalue weighted by molar-refractivity contribution is 5.11. The lowest BCUT2D eigenvalue weighted by Gasteiger charge is -2.62. The van der Waals surface area contributed by atoms with Crippen molar-refractivity contribution in [2.45, 2.75) is 63.4 Å². The fraction of sp³-hybridized carbons (Fsp3) is 1.00. The van der Waals surface area contributed by atoms with Gasteiger partial charge in [0.15, 0.2) is 0 Å². The van der Waals surface area contributed by atoms with E-state index < -0.39 is 0 Å². The third kappa shape index (κ3) is 1.61. The minimum absolute atomic E-state index is 0.291. The molecule has 0 radical (unpaired) electrons. The van der Waals surface area contributed by atoms with Gasteiger partial charge in [-0.1, -0.05) is 0 Å². The van der Waals surface area contributed by atoms with E-state index in [1.54, 1.807) is 0 Å². The van der Waals surface area contributed by atoms with Crippen molar-refractivity contribution in [3.8, 4) is 0 Å². The Morgan fingerprint density at radius 2 is 1.50 bits per heavy atom. The summed E-state index contributed by atoms with van der Waals surface area (Å²) in [6, 6.07) is 0. The Morgan fingerprint density at radius 3 is 2.11 bits per heavy atom. The van der Waals surface area contributed by atoms with Crippen LogP contribution in [0.1, 0.15) is 57.8 Å². The molecular weight excluding hydrogens is 222 g/mol. The van der Waals surface area contributed by atoms with Crippen LogP contribution >= 0.6 is 0 Å². The second-order valence-corrected chi connectivity index (χ2v) is 7.86. The summed E-state index contributed by atoms with van der Waals surface area (Å²) in [5.41, 5.74) is -0.0986. The minimum Gasteiger partial charge on any atom is -0.388 e. The zero-order valence-corrected chi connectivity index (χ0v) is 11.5. The second kappa shape index (κ2) is 3.96. The Kier molecular flexibility index (Phi) is 2.58. The molecule has 5 aliphatic rings. The fourth-order valence-corrected chi connectivity index (χ4v) is 6.18. The van der Waals surface area contributed by atoms with E-state index in [2.05, 4.69) is 5.32 Å². The molecule has 4 saturated carbocycles. The van der Waals surface area contributed by atoms with Crippen molar-refractivity contribution < 1.29 is 5.11 Å². The summed E-state index contributed by atoms with van der Waals surface area (Å²) in [7, 11) is 0. The summed E-state index contributed by atoms with van der Waals surface area (Å²) in [5.74, 6) is 2.84. The summed E-state index contributed by atoms with van der Waals surface area (Å²) >= 11 is 0. The molecule has 2 nitrogen and oxygen atoms in total. The van der Waals surface area contributed by atoms with E-state index in [4.69, 9.17) is 0 Å². The molecule has 5 rings (SSSR count). The lowest BCUT2D eigenvalue weighted by molar-refractivity contribution is -0.178. The van der Waals surface area contributed by atoms with Crippen LogP contribution in [-0.4, -0.2) is 23.8 Å². The predicted molar refractivity (Wildman–Crippen MR) is 72.3 cm³/mol. The third-order valence-electron chi connectivity index (χ3n) is 6.64. The van der Waals surface area contributed by atoms with Gasteiger partial charge in [0, 0.05) is 12.0 Å². The molecule has 0 amide bonds. The first-order chi connectivity index (χ1) is 8.69. The van der Waals surface area contributed by atoms with Crippen molar-refractivity contribution in [1.82, 2.24) is 5.32 Å². The van der Waals surface area contributed by atoms with Gasteiger partial charge in [0.2, 0.25) is 0 Å². The third-order valence-corrected chi connectivity index (χ3v) is 6.64. The van der Waals surface area contributed by atoms with Crippen LogP contribution in [0.25, 0.3) is 0 Å². The average molecular weight is 249 g/mol. The molecule has 1 unspecified atom stereocenters. The van der Waals surface area contributed by atoms with Gasteiger partial charge in [-0.2, -0.15) is 0 Å². The maximum atomic E-state index is 11.4. The van der Waals surface area contributed by atoms with E-state index in [1.807, 2.05) is 0 Å². The standard InChI is InChI=1S/C16H27NO/c18-16(3-1-2-4-17-11-16)15-8-12-5-13(9-15)7-14(6-12)10-15/h12-14,17-18H,1-11H2. The van der Waals surface area contributed by atoms with E-state index in [0.29, 0.717) is 5.41 Å². The molecule has 102 valence electrons. The summed E-state index contributed by atoms with van der Waals surface area (Å²) in [6.45, 7) is 1.97. The molecule has 0 aromatic carbocycles. The first kappa shape index (κ1) is 11.7. The van der Waals surface area contributed by atoms with Crippen LogP contribution in [0.3, 0.4) is 0 Å². The highest BCUT2D eigenvalue weighted by Crippen LogP contribution is 2.64. The molecule has 18 heavy (non-hydrogen) atoms. The normalized spacial score (nSPS) is 55.5. The maximum absolute atomic E-state index is 11.4. The van der Waals surface area contributed by atoms with Crippen molar-refractivity contribution in [2.75, 3.05) is 13.1 Å². The first-order valence-electron chi connectivity index (χ1n) is 8.12. The van der Waals surface area contributed by atoms with Gasteiger partial charge in [0.1, 0.15) is 0 Å². The van der Waals surface area contributed by atoms with Crippen LogP contribution in [0.5, 0.6) is 0 Å². The summed E-state index contributed by atoms with van der Waals surface area (Å²) in [6.07, 6.45) is 11.9. The SMILES string of the molecule is OC1(C23CC4CC(CC(C4)C2)C3)CCCCNC1. The second-order valence-electron chi connectivity index (χ2n) is 7.86. The van der Waals surface area contributed by atoms with E-state index in [-0.39, 0.29) is 5.60 Å². The zero-order valence-electron chi connectivity index (χ0n) is 11.5. The number of aliphatic hydroxyl groups is 1. The molecule has 4 bridgehead atoms. The van der Waals surface area contributed by atoms with Gasteiger partial charge < -0.3 is 10.4 Å². The van der Waals surface area contributed by atoms with Crippen molar-refractivity contribution >= 4 is 0 Å². The van der Waals surface area contributed by atoms with Crippen LogP contribution in [0, 0.1) is 23.2 Å². The average Bonchev–Trinajstić information content (AvgIpc) is 2.53. The lowest BCUT2D eigenvalue weighted by Crippen LogP contribution is -2.61. The number of hydrogen-bond acceptors (Lipinski definition) is 2. The molecule has 1 atom stereocenters. The smallest absolute Gasteiger partial charge is 0.0827 e. The van der Waals surface area contributed by atoms with E-state index in [9.17, 15) is 5.11 Å². The number of rotatable bonds is 1. The number of hydrogen-bond donors (Lipinski definition) is 2. The molecule has 1 aliphatic heterocycles. The van der Waals surface area contributed by atoms with E-state index in [0.717, 1.165) is 37.3 Å². The largest absolute Gasteiger partial charge is 0.388 e. The highest BCUT2D eigenvalue weighted by Gasteiger charge is 2.59. The summed E-state index contributed by atoms with van der Waals surface area (Å²) in [5, 5.41) is 14.9. The van der Waals surface area contributed by atoms with Crippen molar-refractivity contribution in [2.24, 2.45) is 23.2 Å². The van der Waals surface area contributed by atoms with Crippen molar-refractivity contribution in [3.63, 3.8) is 0 Å². The molecule has 0 aromatic heterocycles. The molecule has 0 spiro atoms. The topological polar surface area (TPSA) is 32.3 Å². The van der Waals surface area contributed by atoms with Crippen LogP contribution in [0.15, 0.2) is 0 Å². The van der Waals surface area contributed by atoms with Crippen LogP contribution in [0.2, 0.25) is 0 Å². The highest BCUT2D eigenvalue weighted by atomic mass is 16.3. The van der Waals surface area contributed by atoms with E-state index >= 15 is 0 Å². The molecule has 1 heterocycles. The predicted octanol–water partition coefficient (Wildman–Crippen LogP) is 2.71. The Balaban J connectivity index is 1.65. The van der Waals surface area contributed by atoms with Crippen LogP contribution in [-0.2, 0) is 0 Å². The molecule has 5 fully saturated rings. The van der Waals surface area contributed by atoms with Crippen molar-refractivity contribution in [1.29, 1.82) is 0 Å². The quantitative estimate of drug-likeness (QED) is 0.749. The molecule has 4 aliphatic carbocycles. The first-order valence-corrected chi connectivity index (χ1v) is 8.12. The lowest BCUT2D eigenvalue weighted by atomic mass is 9.45. The molecule has 2 N–H and O–H groups in total. The Hall–Kier alpha value is -0.0800. The zero-order chi connectivity index (χ0) is 12.2. The number of β-amino-alcohol motifs (C(OH)–C–C–N with tert-alkyl or cyclic N) is 1. The van der Waals surface area contributed by atoms with Crippen LogP contribution < -0.4 is 5.32 Å². The Morgan fingerprint density at radius 1 is 0.889 bits per heavy atom. The monoisotopic (exact) mass is 249 g/mol. The number of nitrogens with one attached hydrogen (secondary N) is 1. The van der Waals surface area contributed by atoms with Gasteiger partial charge in [0.05, 0.1) is 5.60 Å². The fourth-order valence-electron chi connectivity index (χ4n) is 6.18. The Labute approximate surface area is 111 Å². The molecule has 0 aromatic rings. The molecular formula is C16H27NO. The maximum Gasteiger partial charge on any atom is 0.0827 e. The van der Waals surface area contributed by atoms with Crippen LogP contribution in [0.4, 0.5) is 0 Å². The van der Waals surface area contributed by atoms with Gasteiger partial charge >= 0.3 is 0 Å². The molecule has 2 heteroatoms. The Bertz CT molecular complexity index is 295. The van der Waals surface area contributed by atoms with Gasteiger partial charge in [0.25, 0.3) is 0 Å². The van der Waals surface area contributed by atoms with Crippen molar-refractivity contribution in [3.05, 3.63) is 0 Å². The summed E-state index contributed by atoms with van der Waals surface area (Å²) < 4.78 is 0. The summed E-state index contributed by atoms with van der Waals surface area (Å²) in [4.78, 5) is 0. The molecule has 1 saturated heterocycles. The van der Waals surface area contributed by atoms with E-state index in [1.165, 1.54) is 51.4 Å². The minimum atomic E-state index is -0.389. The van der Waals surface area contributed by atoms with Gasteiger partial charge in [-0.15, -0.1) is 0 Å². The van der Waals surface area contributed by atoms with Gasteiger partial charge in [-0.05, 0) is 82.1 Å². The van der Waals surface area contributed by atoms with Gasteiger partial charge in [-0.25, -0.2) is 0 Å².